The minimum absolute atomic E-state index is 0.209. The molecular weight excluding hydrogens is 460 g/mol. The summed E-state index contributed by atoms with van der Waals surface area (Å²) in [5, 5.41) is 9.01. The molecule has 2 aliphatic rings. The van der Waals surface area contributed by atoms with E-state index in [1.807, 2.05) is 49.4 Å². The van der Waals surface area contributed by atoms with Crippen LogP contribution in [0, 0.1) is 5.92 Å². The minimum Gasteiger partial charge on any atom is -0.454 e. The van der Waals surface area contributed by atoms with Gasteiger partial charge in [-0.05, 0) is 61.0 Å². The van der Waals surface area contributed by atoms with Crippen molar-refractivity contribution in [2.75, 3.05) is 13.3 Å². The first kappa shape index (κ1) is 21.7. The second-order valence-corrected chi connectivity index (χ2v) is 9.26. The van der Waals surface area contributed by atoms with Gasteiger partial charge in [0, 0.05) is 22.8 Å². The monoisotopic (exact) mass is 482 g/mol. The highest BCUT2D eigenvalue weighted by Gasteiger charge is 2.34. The molecule has 0 radical (unpaired) electrons. The van der Waals surface area contributed by atoms with Crippen molar-refractivity contribution in [3.05, 3.63) is 64.6 Å². The summed E-state index contributed by atoms with van der Waals surface area (Å²) in [6.45, 7) is 7.33. The third-order valence-electron chi connectivity index (χ3n) is 5.61. The maximum atomic E-state index is 6.30. The van der Waals surface area contributed by atoms with Crippen molar-refractivity contribution in [3.63, 3.8) is 0 Å². The van der Waals surface area contributed by atoms with Crippen molar-refractivity contribution in [2.45, 2.75) is 26.8 Å². The SMILES string of the molecule is CC1=C(c2nc(-c3ccc4c(c3)OCO4)no2)C(c2cccc(Cl)c2)NC(=S)N1CC(C)C. The van der Waals surface area contributed by atoms with E-state index >= 15 is 0 Å². The maximum absolute atomic E-state index is 6.30. The zero-order valence-corrected chi connectivity index (χ0v) is 20.0. The second kappa shape index (κ2) is 8.68. The van der Waals surface area contributed by atoms with Crippen LogP contribution in [0.4, 0.5) is 0 Å². The van der Waals surface area contributed by atoms with E-state index in [4.69, 9.17) is 42.8 Å². The van der Waals surface area contributed by atoms with Gasteiger partial charge in [0.1, 0.15) is 0 Å². The first-order valence-corrected chi connectivity index (χ1v) is 11.5. The lowest BCUT2D eigenvalue weighted by atomic mass is 9.94. The molecule has 0 saturated heterocycles. The summed E-state index contributed by atoms with van der Waals surface area (Å²) in [4.78, 5) is 6.83. The molecule has 9 heteroatoms. The quantitative estimate of drug-likeness (QED) is 0.482. The molecule has 33 heavy (non-hydrogen) atoms. The number of hydrogen-bond donors (Lipinski definition) is 1. The van der Waals surface area contributed by atoms with Crippen LogP contribution in [0.2, 0.25) is 5.02 Å². The minimum atomic E-state index is -0.273. The number of hydrogen-bond acceptors (Lipinski definition) is 6. The Labute approximate surface area is 202 Å². The number of halogens is 1. The van der Waals surface area contributed by atoms with Crippen molar-refractivity contribution < 1.29 is 14.0 Å². The molecule has 0 fully saturated rings. The normalized spacial score (nSPS) is 17.7. The van der Waals surface area contributed by atoms with Gasteiger partial charge in [0.25, 0.3) is 5.89 Å². The van der Waals surface area contributed by atoms with Crippen LogP contribution in [0.5, 0.6) is 11.5 Å². The zero-order chi connectivity index (χ0) is 23.1. The standard InChI is InChI=1S/C24H23ClN4O3S/c1-13(2)11-29-14(3)20(21(26-24(29)33)15-5-4-6-17(25)9-15)23-27-22(28-32-23)16-7-8-18-19(10-16)31-12-30-18/h4-10,13,21H,11-12H2,1-3H3,(H,26,33). The van der Waals surface area contributed by atoms with Crippen molar-refractivity contribution in [1.29, 1.82) is 0 Å². The fraction of sp³-hybridized carbons (Fsp3) is 0.292. The van der Waals surface area contributed by atoms with E-state index in [2.05, 4.69) is 29.2 Å². The Morgan fingerprint density at radius 3 is 2.79 bits per heavy atom. The maximum Gasteiger partial charge on any atom is 0.258 e. The number of fused-ring (bicyclic) bond motifs is 1. The van der Waals surface area contributed by atoms with Gasteiger partial charge in [-0.2, -0.15) is 4.98 Å². The fourth-order valence-corrected chi connectivity index (χ4v) is 4.59. The predicted molar refractivity (Wildman–Crippen MR) is 130 cm³/mol. The third-order valence-corrected chi connectivity index (χ3v) is 6.19. The molecule has 0 aliphatic carbocycles. The molecular formula is C24H23ClN4O3S. The fourth-order valence-electron chi connectivity index (χ4n) is 4.07. The van der Waals surface area contributed by atoms with Crippen LogP contribution >= 0.6 is 23.8 Å². The number of ether oxygens (including phenoxy) is 2. The molecule has 2 aromatic carbocycles. The van der Waals surface area contributed by atoms with Gasteiger partial charge in [-0.25, -0.2) is 0 Å². The Kier molecular flexibility index (Phi) is 5.72. The van der Waals surface area contributed by atoms with Crippen LogP contribution < -0.4 is 14.8 Å². The summed E-state index contributed by atoms with van der Waals surface area (Å²) in [6, 6.07) is 13.0. The van der Waals surface area contributed by atoms with Crippen molar-refractivity contribution in [2.24, 2.45) is 5.92 Å². The first-order valence-electron chi connectivity index (χ1n) is 10.7. The van der Waals surface area contributed by atoms with Crippen molar-refractivity contribution in [1.82, 2.24) is 20.4 Å². The summed E-state index contributed by atoms with van der Waals surface area (Å²) < 4.78 is 16.7. The topological polar surface area (TPSA) is 72.6 Å². The third kappa shape index (κ3) is 4.16. The molecule has 5 rings (SSSR count). The molecule has 2 aliphatic heterocycles. The molecule has 1 aromatic heterocycles. The lowest BCUT2D eigenvalue weighted by Gasteiger charge is -2.38. The molecule has 0 saturated carbocycles. The van der Waals surface area contributed by atoms with Crippen molar-refractivity contribution >= 4 is 34.5 Å². The molecule has 0 spiro atoms. The molecule has 1 N–H and O–H groups in total. The van der Waals surface area contributed by atoms with E-state index in [1.165, 1.54) is 0 Å². The van der Waals surface area contributed by atoms with Gasteiger partial charge < -0.3 is 24.2 Å². The first-order chi connectivity index (χ1) is 15.9. The summed E-state index contributed by atoms with van der Waals surface area (Å²) in [5.41, 5.74) is 3.58. The van der Waals surface area contributed by atoms with Gasteiger partial charge >= 0.3 is 0 Å². The highest BCUT2D eigenvalue weighted by Crippen LogP contribution is 2.39. The highest BCUT2D eigenvalue weighted by atomic mass is 35.5. The molecule has 1 unspecified atom stereocenters. The molecule has 1 atom stereocenters. The number of thiocarbonyl (C=S) groups is 1. The molecule has 0 amide bonds. The van der Waals surface area contributed by atoms with Gasteiger partial charge in [0.2, 0.25) is 12.6 Å². The Morgan fingerprint density at radius 2 is 2.00 bits per heavy atom. The molecule has 7 nitrogen and oxygen atoms in total. The van der Waals surface area contributed by atoms with Gasteiger partial charge in [-0.15, -0.1) is 0 Å². The van der Waals surface area contributed by atoms with Gasteiger partial charge in [-0.1, -0.05) is 42.7 Å². The van der Waals surface area contributed by atoms with E-state index in [0.29, 0.717) is 39.3 Å². The number of nitrogens with zero attached hydrogens (tertiary/aromatic N) is 3. The van der Waals surface area contributed by atoms with Crippen LogP contribution in [0.3, 0.4) is 0 Å². The Morgan fingerprint density at radius 1 is 1.18 bits per heavy atom. The number of aromatic nitrogens is 2. The van der Waals surface area contributed by atoms with Crippen LogP contribution in [0.25, 0.3) is 17.0 Å². The van der Waals surface area contributed by atoms with E-state index in [1.54, 1.807) is 0 Å². The lowest BCUT2D eigenvalue weighted by molar-refractivity contribution is 0.174. The van der Waals surface area contributed by atoms with Crippen LogP contribution in [-0.4, -0.2) is 33.5 Å². The van der Waals surface area contributed by atoms with Gasteiger partial charge in [-0.3, -0.25) is 0 Å². The van der Waals surface area contributed by atoms with Crippen LogP contribution in [-0.2, 0) is 0 Å². The Hall–Kier alpha value is -3.10. The smallest absolute Gasteiger partial charge is 0.258 e. The molecule has 3 aromatic rings. The highest BCUT2D eigenvalue weighted by molar-refractivity contribution is 7.80. The Balaban J connectivity index is 1.59. The number of rotatable bonds is 5. The van der Waals surface area contributed by atoms with Crippen molar-refractivity contribution in [3.8, 4) is 22.9 Å². The Bertz CT molecular complexity index is 1260. The molecule has 3 heterocycles. The second-order valence-electron chi connectivity index (χ2n) is 8.43. The van der Waals surface area contributed by atoms with E-state index in [-0.39, 0.29) is 12.8 Å². The van der Waals surface area contributed by atoms with E-state index < -0.39 is 0 Å². The number of allylic oxidation sites excluding steroid dienone is 1. The van der Waals surface area contributed by atoms with E-state index in [0.717, 1.165) is 28.9 Å². The zero-order valence-electron chi connectivity index (χ0n) is 18.5. The van der Waals surface area contributed by atoms with E-state index in [9.17, 15) is 0 Å². The molecule has 0 bridgehead atoms. The largest absolute Gasteiger partial charge is 0.454 e. The average Bonchev–Trinajstić information content (AvgIpc) is 3.45. The summed E-state index contributed by atoms with van der Waals surface area (Å²) in [6.07, 6.45) is 0. The number of benzene rings is 2. The number of nitrogens with one attached hydrogen (secondary N) is 1. The average molecular weight is 483 g/mol. The summed E-state index contributed by atoms with van der Waals surface area (Å²) in [5.74, 6) is 2.68. The van der Waals surface area contributed by atoms with Crippen LogP contribution in [0.15, 0.2) is 52.7 Å². The van der Waals surface area contributed by atoms with Gasteiger partial charge in [0.15, 0.2) is 16.6 Å². The summed E-state index contributed by atoms with van der Waals surface area (Å²) in [7, 11) is 0. The predicted octanol–water partition coefficient (Wildman–Crippen LogP) is 5.44. The van der Waals surface area contributed by atoms with Gasteiger partial charge in [0.05, 0.1) is 11.6 Å². The van der Waals surface area contributed by atoms with Crippen LogP contribution in [0.1, 0.15) is 38.3 Å². The lowest BCUT2D eigenvalue weighted by Crippen LogP contribution is -2.47. The molecule has 170 valence electrons. The summed E-state index contributed by atoms with van der Waals surface area (Å²) >= 11 is 12.0.